The highest BCUT2D eigenvalue weighted by Crippen LogP contribution is 2.20. The number of hydrogen-bond acceptors (Lipinski definition) is 3. The highest BCUT2D eigenvalue weighted by atomic mass is 16.1. The number of hydrogen-bond donors (Lipinski definition) is 1. The summed E-state index contributed by atoms with van der Waals surface area (Å²) in [7, 11) is 0. The topological polar surface area (TPSA) is 46.9 Å². The van der Waals surface area contributed by atoms with Crippen molar-refractivity contribution in [1.82, 2.24) is 9.78 Å². The normalized spacial score (nSPS) is 10.9. The quantitative estimate of drug-likeness (QED) is 0.198. The first-order valence-corrected chi connectivity index (χ1v) is 12.3. The number of nitrogens with one attached hydrogen (secondary N) is 1. The maximum Gasteiger partial charge on any atom is 0.150 e. The number of rotatable bonds is 15. The molecule has 2 aromatic carbocycles. The van der Waals surface area contributed by atoms with E-state index in [0.717, 1.165) is 35.5 Å². The van der Waals surface area contributed by atoms with E-state index < -0.39 is 0 Å². The summed E-state index contributed by atoms with van der Waals surface area (Å²) in [5.41, 5.74) is 4.76. The van der Waals surface area contributed by atoms with Gasteiger partial charge in [0.15, 0.2) is 0 Å². The van der Waals surface area contributed by atoms with Crippen LogP contribution in [0.15, 0.2) is 60.8 Å². The molecule has 170 valence electrons. The zero-order valence-electron chi connectivity index (χ0n) is 19.4. The first kappa shape index (κ1) is 23.8. The Hall–Kier alpha value is -2.88. The van der Waals surface area contributed by atoms with Crippen LogP contribution in [-0.4, -0.2) is 22.6 Å². The molecule has 1 heterocycles. The molecule has 1 N–H and O–H groups in total. The van der Waals surface area contributed by atoms with Crippen molar-refractivity contribution < 1.29 is 4.79 Å². The lowest BCUT2D eigenvalue weighted by Crippen LogP contribution is -2.02. The molecular formula is C28H37N3O. The number of carbonyl (C=O) groups is 1. The monoisotopic (exact) mass is 431 g/mol. The SMILES string of the molecule is CCCCCCCCCCCCNc1ccc(-n2ccc(-c3ccc(C=O)cc3)n2)cc1. The predicted molar refractivity (Wildman–Crippen MR) is 135 cm³/mol. The molecule has 0 saturated carbocycles. The van der Waals surface area contributed by atoms with Crippen molar-refractivity contribution in [3.63, 3.8) is 0 Å². The molecule has 0 aliphatic carbocycles. The summed E-state index contributed by atoms with van der Waals surface area (Å²) >= 11 is 0. The summed E-state index contributed by atoms with van der Waals surface area (Å²) in [5.74, 6) is 0. The number of anilines is 1. The smallest absolute Gasteiger partial charge is 0.150 e. The van der Waals surface area contributed by atoms with Gasteiger partial charge in [-0.05, 0) is 36.8 Å². The minimum absolute atomic E-state index is 0.675. The predicted octanol–water partition coefficient (Wildman–Crippen LogP) is 7.68. The maximum atomic E-state index is 10.8. The van der Waals surface area contributed by atoms with Gasteiger partial charge in [-0.25, -0.2) is 4.68 Å². The maximum absolute atomic E-state index is 10.8. The Bertz CT molecular complexity index is 913. The van der Waals surface area contributed by atoms with Gasteiger partial charge in [-0.2, -0.15) is 5.10 Å². The van der Waals surface area contributed by atoms with Crippen LogP contribution in [0.4, 0.5) is 5.69 Å². The molecule has 3 rings (SSSR count). The minimum Gasteiger partial charge on any atom is -0.385 e. The van der Waals surface area contributed by atoms with Gasteiger partial charge >= 0.3 is 0 Å². The van der Waals surface area contributed by atoms with E-state index in [-0.39, 0.29) is 0 Å². The standard InChI is InChI=1S/C28H37N3O/c1-2-3-4-5-6-7-8-9-10-11-21-29-26-16-18-27(19-17-26)31-22-20-28(30-31)25-14-12-24(23-32)13-15-25/h12-20,22-23,29H,2-11,21H2,1H3. The summed E-state index contributed by atoms with van der Waals surface area (Å²) in [6.45, 7) is 3.30. The Balaban J connectivity index is 1.35. The van der Waals surface area contributed by atoms with Crippen LogP contribution in [0, 0.1) is 0 Å². The molecular weight excluding hydrogens is 394 g/mol. The molecule has 0 fully saturated rings. The number of carbonyl (C=O) groups excluding carboxylic acids is 1. The van der Waals surface area contributed by atoms with Gasteiger partial charge in [-0.15, -0.1) is 0 Å². The van der Waals surface area contributed by atoms with Gasteiger partial charge in [-0.1, -0.05) is 89.0 Å². The van der Waals surface area contributed by atoms with Crippen molar-refractivity contribution in [3.05, 3.63) is 66.4 Å². The molecule has 0 amide bonds. The van der Waals surface area contributed by atoms with Crippen molar-refractivity contribution in [2.45, 2.75) is 71.1 Å². The Kier molecular flexibility index (Phi) is 10.0. The molecule has 0 radical (unpaired) electrons. The van der Waals surface area contributed by atoms with E-state index >= 15 is 0 Å². The second-order valence-corrected chi connectivity index (χ2v) is 8.54. The van der Waals surface area contributed by atoms with E-state index in [9.17, 15) is 4.79 Å². The van der Waals surface area contributed by atoms with Gasteiger partial charge < -0.3 is 5.32 Å². The van der Waals surface area contributed by atoms with E-state index in [1.807, 2.05) is 41.2 Å². The Labute approximate surface area is 193 Å². The highest BCUT2D eigenvalue weighted by Gasteiger charge is 2.04. The third-order valence-corrected chi connectivity index (χ3v) is 5.92. The van der Waals surface area contributed by atoms with E-state index in [1.54, 1.807) is 0 Å². The van der Waals surface area contributed by atoms with Gasteiger partial charge in [0, 0.05) is 29.6 Å². The van der Waals surface area contributed by atoms with Gasteiger partial charge in [0.1, 0.15) is 6.29 Å². The summed E-state index contributed by atoms with van der Waals surface area (Å²) in [6, 6.07) is 17.9. The van der Waals surface area contributed by atoms with Crippen LogP contribution in [-0.2, 0) is 0 Å². The molecule has 0 atom stereocenters. The van der Waals surface area contributed by atoms with Crippen LogP contribution >= 0.6 is 0 Å². The minimum atomic E-state index is 0.675. The molecule has 0 saturated heterocycles. The fourth-order valence-corrected chi connectivity index (χ4v) is 3.93. The van der Waals surface area contributed by atoms with Crippen molar-refractivity contribution >= 4 is 12.0 Å². The third-order valence-electron chi connectivity index (χ3n) is 5.92. The number of benzene rings is 2. The van der Waals surface area contributed by atoms with E-state index in [2.05, 4.69) is 41.6 Å². The van der Waals surface area contributed by atoms with Crippen molar-refractivity contribution in [2.75, 3.05) is 11.9 Å². The molecule has 0 bridgehead atoms. The molecule has 4 nitrogen and oxygen atoms in total. The molecule has 32 heavy (non-hydrogen) atoms. The number of unbranched alkanes of at least 4 members (excludes halogenated alkanes) is 9. The second kappa shape index (κ2) is 13.5. The second-order valence-electron chi connectivity index (χ2n) is 8.54. The van der Waals surface area contributed by atoms with Crippen LogP contribution in [0.1, 0.15) is 81.5 Å². The highest BCUT2D eigenvalue weighted by molar-refractivity contribution is 5.76. The Morgan fingerprint density at radius 3 is 2.03 bits per heavy atom. The number of aromatic nitrogens is 2. The average Bonchev–Trinajstić information content (AvgIpc) is 3.33. The molecule has 0 aliphatic heterocycles. The van der Waals surface area contributed by atoms with Crippen LogP contribution < -0.4 is 5.32 Å². The average molecular weight is 432 g/mol. The molecule has 0 aliphatic rings. The lowest BCUT2D eigenvalue weighted by atomic mass is 10.1. The van der Waals surface area contributed by atoms with Crippen LogP contribution in [0.5, 0.6) is 0 Å². The van der Waals surface area contributed by atoms with E-state index in [0.29, 0.717) is 5.56 Å². The Morgan fingerprint density at radius 1 is 0.781 bits per heavy atom. The largest absolute Gasteiger partial charge is 0.385 e. The van der Waals surface area contributed by atoms with E-state index in [4.69, 9.17) is 0 Å². The molecule has 3 aromatic rings. The Morgan fingerprint density at radius 2 is 1.41 bits per heavy atom. The lowest BCUT2D eigenvalue weighted by Gasteiger charge is -2.08. The molecule has 4 heteroatoms. The van der Waals surface area contributed by atoms with Gasteiger partial charge in [0.25, 0.3) is 0 Å². The zero-order chi connectivity index (χ0) is 22.4. The summed E-state index contributed by atoms with van der Waals surface area (Å²) < 4.78 is 1.88. The first-order valence-electron chi connectivity index (χ1n) is 12.3. The van der Waals surface area contributed by atoms with Crippen molar-refractivity contribution in [2.24, 2.45) is 0 Å². The lowest BCUT2D eigenvalue weighted by molar-refractivity contribution is 0.112. The fraction of sp³-hybridized carbons (Fsp3) is 0.429. The summed E-state index contributed by atoms with van der Waals surface area (Å²) in [6.07, 6.45) is 16.5. The first-order chi connectivity index (χ1) is 15.8. The number of aldehydes is 1. The molecule has 0 spiro atoms. The number of nitrogens with zero attached hydrogens (tertiary/aromatic N) is 2. The van der Waals surface area contributed by atoms with Crippen molar-refractivity contribution in [1.29, 1.82) is 0 Å². The van der Waals surface area contributed by atoms with Gasteiger partial charge in [0.05, 0.1) is 11.4 Å². The molecule has 1 aromatic heterocycles. The van der Waals surface area contributed by atoms with Crippen LogP contribution in [0.3, 0.4) is 0 Å². The van der Waals surface area contributed by atoms with Crippen LogP contribution in [0.2, 0.25) is 0 Å². The van der Waals surface area contributed by atoms with Gasteiger partial charge in [0.2, 0.25) is 0 Å². The van der Waals surface area contributed by atoms with Crippen LogP contribution in [0.25, 0.3) is 16.9 Å². The van der Waals surface area contributed by atoms with E-state index in [1.165, 1.54) is 64.2 Å². The molecule has 0 unspecified atom stereocenters. The van der Waals surface area contributed by atoms with Crippen molar-refractivity contribution in [3.8, 4) is 16.9 Å². The van der Waals surface area contributed by atoms with Gasteiger partial charge in [-0.3, -0.25) is 4.79 Å². The zero-order valence-corrected chi connectivity index (χ0v) is 19.4. The third kappa shape index (κ3) is 7.67. The summed E-state index contributed by atoms with van der Waals surface area (Å²) in [4.78, 5) is 10.8. The fourth-order valence-electron chi connectivity index (χ4n) is 3.93. The summed E-state index contributed by atoms with van der Waals surface area (Å²) in [5, 5.41) is 8.21.